The maximum atomic E-state index is 6.12. The van der Waals surface area contributed by atoms with E-state index in [2.05, 4.69) is 64.6 Å². The number of hydrogen-bond donors (Lipinski definition) is 1. The molecule has 0 aliphatic rings. The average molecular weight is 353 g/mol. The molecule has 2 aromatic carbocycles. The van der Waals surface area contributed by atoms with Crippen LogP contribution in [0.5, 0.6) is 0 Å². The molecule has 0 saturated heterocycles. The van der Waals surface area contributed by atoms with Crippen molar-refractivity contribution in [1.29, 1.82) is 0 Å². The minimum atomic E-state index is 0.440. The zero-order valence-electron chi connectivity index (χ0n) is 11.6. The first-order chi connectivity index (χ1) is 9.69. The second kappa shape index (κ2) is 7.82. The highest BCUT2D eigenvalue weighted by atomic mass is 79.9. The summed E-state index contributed by atoms with van der Waals surface area (Å²) in [6, 6.07) is 16.7. The number of rotatable bonds is 6. The van der Waals surface area contributed by atoms with Crippen LogP contribution in [0.15, 0.2) is 53.0 Å². The van der Waals surface area contributed by atoms with Crippen molar-refractivity contribution in [3.8, 4) is 0 Å². The summed E-state index contributed by atoms with van der Waals surface area (Å²) in [7, 11) is 0. The van der Waals surface area contributed by atoms with Gasteiger partial charge in [0.1, 0.15) is 0 Å². The van der Waals surface area contributed by atoms with Crippen molar-refractivity contribution in [2.45, 2.75) is 19.3 Å². The van der Waals surface area contributed by atoms with Gasteiger partial charge in [-0.2, -0.15) is 0 Å². The van der Waals surface area contributed by atoms with Gasteiger partial charge in [-0.1, -0.05) is 58.7 Å². The van der Waals surface area contributed by atoms with Crippen LogP contribution >= 0.6 is 27.5 Å². The molecule has 0 aromatic heterocycles. The Morgan fingerprint density at radius 3 is 2.55 bits per heavy atom. The molecule has 0 saturated carbocycles. The molecule has 0 bridgehead atoms. The Morgan fingerprint density at radius 1 is 1.15 bits per heavy atom. The molecule has 2 aromatic rings. The van der Waals surface area contributed by atoms with Gasteiger partial charge in [-0.25, -0.2) is 0 Å². The van der Waals surface area contributed by atoms with E-state index in [4.69, 9.17) is 11.6 Å². The van der Waals surface area contributed by atoms with E-state index in [0.717, 1.165) is 29.0 Å². The van der Waals surface area contributed by atoms with E-state index in [1.165, 1.54) is 11.1 Å². The monoisotopic (exact) mass is 351 g/mol. The van der Waals surface area contributed by atoms with Crippen molar-refractivity contribution < 1.29 is 0 Å². The quantitative estimate of drug-likeness (QED) is 0.768. The Kier molecular flexibility index (Phi) is 6.08. The minimum Gasteiger partial charge on any atom is -0.316 e. The Balaban J connectivity index is 2.16. The van der Waals surface area contributed by atoms with Gasteiger partial charge in [-0.3, -0.25) is 0 Å². The Hall–Kier alpha value is -0.830. The number of nitrogens with one attached hydrogen (secondary N) is 1. The summed E-state index contributed by atoms with van der Waals surface area (Å²) in [5.41, 5.74) is 2.64. The molecule has 1 nitrogen and oxygen atoms in total. The molecule has 2 rings (SSSR count). The lowest BCUT2D eigenvalue weighted by Gasteiger charge is -2.18. The third-order valence-electron chi connectivity index (χ3n) is 3.36. The molecular weight excluding hydrogens is 334 g/mol. The van der Waals surface area contributed by atoms with Gasteiger partial charge >= 0.3 is 0 Å². The van der Waals surface area contributed by atoms with Gasteiger partial charge in [0.15, 0.2) is 0 Å². The molecular formula is C17H19BrClN. The molecule has 1 unspecified atom stereocenters. The van der Waals surface area contributed by atoms with Crippen LogP contribution in [0.25, 0.3) is 0 Å². The number of benzene rings is 2. The van der Waals surface area contributed by atoms with E-state index < -0.39 is 0 Å². The first-order valence-corrected chi connectivity index (χ1v) is 8.06. The van der Waals surface area contributed by atoms with Crippen molar-refractivity contribution in [2.24, 2.45) is 0 Å². The van der Waals surface area contributed by atoms with Gasteiger partial charge < -0.3 is 5.32 Å². The molecule has 20 heavy (non-hydrogen) atoms. The number of hydrogen-bond acceptors (Lipinski definition) is 1. The largest absolute Gasteiger partial charge is 0.316 e. The topological polar surface area (TPSA) is 12.0 Å². The summed E-state index contributed by atoms with van der Waals surface area (Å²) in [4.78, 5) is 0. The normalized spacial score (nSPS) is 12.3. The Bertz CT molecular complexity index is 539. The van der Waals surface area contributed by atoms with Crippen LogP contribution < -0.4 is 5.32 Å². The van der Waals surface area contributed by atoms with Crippen molar-refractivity contribution in [1.82, 2.24) is 5.32 Å². The van der Waals surface area contributed by atoms with E-state index >= 15 is 0 Å². The zero-order chi connectivity index (χ0) is 14.4. The SMILES string of the molecule is CCNCC(Cc1ccc(Br)cc1)c1cccc(Cl)c1. The van der Waals surface area contributed by atoms with E-state index in [1.54, 1.807) is 0 Å². The molecule has 0 fully saturated rings. The molecule has 0 heterocycles. The zero-order valence-corrected chi connectivity index (χ0v) is 13.9. The van der Waals surface area contributed by atoms with Gasteiger partial charge in [0.2, 0.25) is 0 Å². The van der Waals surface area contributed by atoms with Gasteiger partial charge in [-0.05, 0) is 48.4 Å². The maximum absolute atomic E-state index is 6.12. The molecule has 106 valence electrons. The van der Waals surface area contributed by atoms with E-state index in [-0.39, 0.29) is 0 Å². The van der Waals surface area contributed by atoms with Crippen LogP contribution in [0.1, 0.15) is 24.0 Å². The van der Waals surface area contributed by atoms with E-state index in [0.29, 0.717) is 5.92 Å². The third kappa shape index (κ3) is 4.62. The van der Waals surface area contributed by atoms with Gasteiger partial charge in [0.05, 0.1) is 0 Å². The summed E-state index contributed by atoms with van der Waals surface area (Å²) >= 11 is 9.60. The van der Waals surface area contributed by atoms with E-state index in [9.17, 15) is 0 Å². The predicted molar refractivity (Wildman–Crippen MR) is 90.6 cm³/mol. The Morgan fingerprint density at radius 2 is 1.90 bits per heavy atom. The van der Waals surface area contributed by atoms with Crippen LogP contribution in [0, 0.1) is 0 Å². The van der Waals surface area contributed by atoms with Crippen molar-refractivity contribution in [2.75, 3.05) is 13.1 Å². The molecule has 0 amide bonds. The van der Waals surface area contributed by atoms with Gasteiger partial charge in [0, 0.05) is 22.0 Å². The summed E-state index contributed by atoms with van der Waals surface area (Å²) in [5, 5.41) is 4.25. The maximum Gasteiger partial charge on any atom is 0.0408 e. The fraction of sp³-hybridized carbons (Fsp3) is 0.294. The first-order valence-electron chi connectivity index (χ1n) is 6.89. The van der Waals surface area contributed by atoms with Crippen molar-refractivity contribution in [3.63, 3.8) is 0 Å². The molecule has 1 N–H and O–H groups in total. The molecule has 1 atom stereocenters. The predicted octanol–water partition coefficient (Wildman–Crippen LogP) is 5.04. The van der Waals surface area contributed by atoms with Crippen LogP contribution in [-0.2, 0) is 6.42 Å². The van der Waals surface area contributed by atoms with Gasteiger partial charge in [-0.15, -0.1) is 0 Å². The van der Waals surface area contributed by atoms with Crippen LogP contribution in [-0.4, -0.2) is 13.1 Å². The van der Waals surface area contributed by atoms with Crippen LogP contribution in [0.2, 0.25) is 5.02 Å². The minimum absolute atomic E-state index is 0.440. The number of halogens is 2. The smallest absolute Gasteiger partial charge is 0.0408 e. The van der Waals surface area contributed by atoms with Crippen molar-refractivity contribution >= 4 is 27.5 Å². The molecule has 0 aliphatic heterocycles. The summed E-state index contributed by atoms with van der Waals surface area (Å²) in [5.74, 6) is 0.440. The van der Waals surface area contributed by atoms with Crippen molar-refractivity contribution in [3.05, 3.63) is 69.2 Å². The second-order valence-corrected chi connectivity index (χ2v) is 6.24. The summed E-state index contributed by atoms with van der Waals surface area (Å²) in [6.07, 6.45) is 1.01. The standard InChI is InChI=1S/C17H19BrClN/c1-2-20-12-15(14-4-3-5-17(19)11-14)10-13-6-8-16(18)9-7-13/h3-9,11,15,20H,2,10,12H2,1H3. The lowest BCUT2D eigenvalue weighted by molar-refractivity contribution is 0.595. The molecule has 0 spiro atoms. The highest BCUT2D eigenvalue weighted by Crippen LogP contribution is 2.24. The second-order valence-electron chi connectivity index (χ2n) is 4.89. The fourth-order valence-corrected chi connectivity index (χ4v) is 2.76. The molecule has 0 aliphatic carbocycles. The first kappa shape index (κ1) is 15.6. The molecule has 0 radical (unpaired) electrons. The number of likely N-dealkylation sites (N-methyl/N-ethyl adjacent to an activating group) is 1. The Labute approximate surface area is 134 Å². The summed E-state index contributed by atoms with van der Waals surface area (Å²) < 4.78 is 1.12. The highest BCUT2D eigenvalue weighted by Gasteiger charge is 2.12. The van der Waals surface area contributed by atoms with Gasteiger partial charge in [0.25, 0.3) is 0 Å². The van der Waals surface area contributed by atoms with Crippen LogP contribution in [0.3, 0.4) is 0 Å². The highest BCUT2D eigenvalue weighted by molar-refractivity contribution is 9.10. The van der Waals surface area contributed by atoms with Crippen LogP contribution in [0.4, 0.5) is 0 Å². The van der Waals surface area contributed by atoms with E-state index in [1.807, 2.05) is 12.1 Å². The summed E-state index contributed by atoms with van der Waals surface area (Å²) in [6.45, 7) is 4.08. The lowest BCUT2D eigenvalue weighted by atomic mass is 9.92. The fourth-order valence-electron chi connectivity index (χ4n) is 2.29. The third-order valence-corrected chi connectivity index (χ3v) is 4.12. The lowest BCUT2D eigenvalue weighted by Crippen LogP contribution is -2.22. The molecule has 3 heteroatoms. The average Bonchev–Trinajstić information content (AvgIpc) is 2.45.